The number of piperazine rings is 1. The van der Waals surface area contributed by atoms with Gasteiger partial charge in [-0.25, -0.2) is 15.0 Å². The minimum absolute atomic E-state index is 0.0975. The fourth-order valence-corrected chi connectivity index (χ4v) is 5.25. The molecule has 0 aliphatic carbocycles. The van der Waals surface area contributed by atoms with Gasteiger partial charge in [0.15, 0.2) is 0 Å². The van der Waals surface area contributed by atoms with Crippen molar-refractivity contribution in [1.29, 1.82) is 0 Å². The van der Waals surface area contributed by atoms with Gasteiger partial charge in [-0.05, 0) is 54.6 Å². The molecule has 2 N–H and O–H groups in total. The maximum Gasteiger partial charge on any atom is 0.227 e. The highest BCUT2D eigenvalue weighted by molar-refractivity contribution is 6.30. The molecule has 0 unspecified atom stereocenters. The van der Waals surface area contributed by atoms with Crippen LogP contribution in [0.15, 0.2) is 91.1 Å². The summed E-state index contributed by atoms with van der Waals surface area (Å²) in [4.78, 5) is 29.7. The average molecular weight is 564 g/mol. The van der Waals surface area contributed by atoms with E-state index in [0.29, 0.717) is 11.1 Å². The van der Waals surface area contributed by atoms with Gasteiger partial charge in [0.05, 0.1) is 11.2 Å². The lowest BCUT2D eigenvalue weighted by atomic mass is 10.1. The predicted molar refractivity (Wildman–Crippen MR) is 166 cm³/mol. The Labute approximate surface area is 244 Å². The second-order valence-electron chi connectivity index (χ2n) is 10.1. The Kier molecular flexibility index (Phi) is 7.75. The minimum Gasteiger partial charge on any atom is -0.369 e. The van der Waals surface area contributed by atoms with Crippen LogP contribution in [-0.2, 0) is 11.3 Å². The molecule has 3 aromatic carbocycles. The van der Waals surface area contributed by atoms with E-state index in [1.807, 2.05) is 48.5 Å². The molecule has 6 rings (SSSR count). The molecule has 41 heavy (non-hydrogen) atoms. The lowest BCUT2D eigenvalue weighted by Gasteiger charge is -2.36. The van der Waals surface area contributed by atoms with Crippen LogP contribution >= 0.6 is 11.6 Å². The Morgan fingerprint density at radius 3 is 2.37 bits per heavy atom. The van der Waals surface area contributed by atoms with Crippen LogP contribution in [0.1, 0.15) is 12.5 Å². The first-order valence-electron chi connectivity index (χ1n) is 13.6. The zero-order chi connectivity index (χ0) is 28.2. The van der Waals surface area contributed by atoms with Crippen molar-refractivity contribution in [2.75, 3.05) is 41.7 Å². The molecule has 8 nitrogen and oxygen atoms in total. The summed E-state index contributed by atoms with van der Waals surface area (Å²) < 4.78 is 0. The van der Waals surface area contributed by atoms with Crippen molar-refractivity contribution in [3.63, 3.8) is 0 Å². The molecule has 0 saturated carbocycles. The number of benzene rings is 3. The fraction of sp³-hybridized carbons (Fsp3) is 0.188. The average Bonchev–Trinajstić information content (AvgIpc) is 2.99. The van der Waals surface area contributed by atoms with Gasteiger partial charge in [-0.15, -0.1) is 0 Å². The zero-order valence-electron chi connectivity index (χ0n) is 22.7. The quantitative estimate of drug-likeness (QED) is 0.222. The largest absolute Gasteiger partial charge is 0.369 e. The molecular formula is C32H30ClN7O. The SMILES string of the molecule is CC(=O)Nc1ccc(-c2ccnc(Nc3ccc(N4CCN(Cc5cc6ccccc6nc5Cl)CC4)cc3)n2)cc1. The van der Waals surface area contributed by atoms with E-state index in [-0.39, 0.29) is 5.91 Å². The molecule has 2 aromatic heterocycles. The molecule has 0 atom stereocenters. The molecule has 0 bridgehead atoms. The van der Waals surface area contributed by atoms with E-state index in [1.165, 1.54) is 12.6 Å². The topological polar surface area (TPSA) is 86.3 Å². The van der Waals surface area contributed by atoms with E-state index in [4.69, 9.17) is 11.6 Å². The zero-order valence-corrected chi connectivity index (χ0v) is 23.5. The van der Waals surface area contributed by atoms with Crippen LogP contribution in [0.25, 0.3) is 22.2 Å². The van der Waals surface area contributed by atoms with Crippen molar-refractivity contribution in [2.24, 2.45) is 0 Å². The van der Waals surface area contributed by atoms with Gasteiger partial charge in [0.2, 0.25) is 11.9 Å². The molecule has 9 heteroatoms. The van der Waals surface area contributed by atoms with E-state index in [1.54, 1.807) is 6.20 Å². The molecule has 1 fully saturated rings. The number of nitrogens with one attached hydrogen (secondary N) is 2. The second kappa shape index (κ2) is 11.9. The molecule has 0 spiro atoms. The molecular weight excluding hydrogens is 534 g/mol. The smallest absolute Gasteiger partial charge is 0.227 e. The van der Waals surface area contributed by atoms with Crippen LogP contribution in [0, 0.1) is 0 Å². The number of hydrogen-bond donors (Lipinski definition) is 2. The van der Waals surface area contributed by atoms with Gasteiger partial charge in [0.1, 0.15) is 5.15 Å². The summed E-state index contributed by atoms with van der Waals surface area (Å²) in [6.07, 6.45) is 1.74. The summed E-state index contributed by atoms with van der Waals surface area (Å²) in [7, 11) is 0. The fourth-order valence-electron chi connectivity index (χ4n) is 5.04. The van der Waals surface area contributed by atoms with Gasteiger partial charge in [-0.3, -0.25) is 9.69 Å². The number of hydrogen-bond acceptors (Lipinski definition) is 7. The van der Waals surface area contributed by atoms with Crippen LogP contribution < -0.4 is 15.5 Å². The van der Waals surface area contributed by atoms with Crippen molar-refractivity contribution in [1.82, 2.24) is 19.9 Å². The molecule has 3 heterocycles. The predicted octanol–water partition coefficient (Wildman–Crippen LogP) is 6.37. The first-order chi connectivity index (χ1) is 20.0. The molecule has 1 saturated heterocycles. The van der Waals surface area contributed by atoms with Gasteiger partial charge in [-0.2, -0.15) is 0 Å². The Morgan fingerprint density at radius 1 is 0.878 bits per heavy atom. The van der Waals surface area contributed by atoms with Crippen LogP contribution in [0.4, 0.5) is 23.0 Å². The number of aromatic nitrogens is 3. The monoisotopic (exact) mass is 563 g/mol. The van der Waals surface area contributed by atoms with Gasteiger partial charge < -0.3 is 15.5 Å². The first-order valence-corrected chi connectivity index (χ1v) is 14.0. The Morgan fingerprint density at radius 2 is 1.61 bits per heavy atom. The third-order valence-electron chi connectivity index (χ3n) is 7.16. The molecule has 206 valence electrons. The highest BCUT2D eigenvalue weighted by atomic mass is 35.5. The number of carbonyl (C=O) groups excluding carboxylic acids is 1. The van der Waals surface area contributed by atoms with E-state index >= 15 is 0 Å². The second-order valence-corrected chi connectivity index (χ2v) is 10.4. The lowest BCUT2D eigenvalue weighted by Crippen LogP contribution is -2.46. The summed E-state index contributed by atoms with van der Waals surface area (Å²) in [5.41, 5.74) is 6.60. The number of anilines is 4. The van der Waals surface area contributed by atoms with Gasteiger partial charge >= 0.3 is 0 Å². The van der Waals surface area contributed by atoms with E-state index in [9.17, 15) is 4.79 Å². The summed E-state index contributed by atoms with van der Waals surface area (Å²) in [6, 6.07) is 28.1. The molecule has 1 aliphatic heterocycles. The number of nitrogens with zero attached hydrogens (tertiary/aromatic N) is 5. The lowest BCUT2D eigenvalue weighted by molar-refractivity contribution is -0.114. The van der Waals surface area contributed by atoms with Crippen LogP contribution in [0.3, 0.4) is 0 Å². The van der Waals surface area contributed by atoms with Gasteiger partial charge in [0, 0.05) is 79.4 Å². The Bertz CT molecular complexity index is 1670. The summed E-state index contributed by atoms with van der Waals surface area (Å²) in [6.45, 7) is 6.08. The summed E-state index contributed by atoms with van der Waals surface area (Å²) in [5.74, 6) is 0.427. The molecule has 5 aromatic rings. The minimum atomic E-state index is -0.0975. The number of para-hydroxylation sites is 1. The Hall–Kier alpha value is -4.53. The van der Waals surface area contributed by atoms with Crippen molar-refractivity contribution < 1.29 is 4.79 Å². The van der Waals surface area contributed by atoms with Crippen molar-refractivity contribution in [2.45, 2.75) is 13.5 Å². The van der Waals surface area contributed by atoms with E-state index in [2.05, 4.69) is 71.8 Å². The maximum absolute atomic E-state index is 11.3. The third kappa shape index (κ3) is 6.45. The van der Waals surface area contributed by atoms with Crippen LogP contribution in [-0.4, -0.2) is 51.9 Å². The van der Waals surface area contributed by atoms with Crippen LogP contribution in [0.5, 0.6) is 0 Å². The van der Waals surface area contributed by atoms with Crippen molar-refractivity contribution in [3.05, 3.63) is 102 Å². The normalized spacial score (nSPS) is 13.8. The van der Waals surface area contributed by atoms with Crippen molar-refractivity contribution in [3.8, 4) is 11.3 Å². The number of carbonyl (C=O) groups is 1. The molecule has 1 amide bonds. The highest BCUT2D eigenvalue weighted by Gasteiger charge is 2.19. The Balaban J connectivity index is 1.05. The number of fused-ring (bicyclic) bond motifs is 1. The highest BCUT2D eigenvalue weighted by Crippen LogP contribution is 2.25. The maximum atomic E-state index is 11.3. The standard InChI is InChI=1S/C32H30ClN7O/c1-22(41)35-26-8-6-23(7-9-26)30-14-15-34-32(38-30)36-27-10-12-28(13-11-27)40-18-16-39(17-19-40)21-25-20-24-4-2-3-5-29(24)37-31(25)33/h2-15,20H,16-19,21H2,1H3,(H,35,41)(H,34,36,38). The van der Waals surface area contributed by atoms with Crippen LogP contribution in [0.2, 0.25) is 5.15 Å². The number of pyridine rings is 1. The molecule has 1 aliphatic rings. The summed E-state index contributed by atoms with van der Waals surface area (Å²) >= 11 is 6.50. The summed E-state index contributed by atoms with van der Waals surface area (Å²) in [5, 5.41) is 7.79. The van der Waals surface area contributed by atoms with E-state index < -0.39 is 0 Å². The first kappa shape index (κ1) is 26.7. The number of halogens is 1. The number of rotatable bonds is 7. The number of amides is 1. The van der Waals surface area contributed by atoms with Crippen molar-refractivity contribution >= 4 is 51.4 Å². The van der Waals surface area contributed by atoms with E-state index in [0.717, 1.165) is 71.8 Å². The molecule has 0 radical (unpaired) electrons. The van der Waals surface area contributed by atoms with Gasteiger partial charge in [-0.1, -0.05) is 41.9 Å². The third-order valence-corrected chi connectivity index (χ3v) is 7.49. The van der Waals surface area contributed by atoms with Gasteiger partial charge in [0.25, 0.3) is 0 Å².